The summed E-state index contributed by atoms with van der Waals surface area (Å²) in [5, 5.41) is 7.89. The maximum atomic E-state index is 11.0. The molecule has 0 spiro atoms. The van der Waals surface area contributed by atoms with E-state index in [2.05, 4.69) is 19.7 Å². The number of hydrogen-bond acceptors (Lipinski definition) is 9. The predicted molar refractivity (Wildman–Crippen MR) is 138 cm³/mol. The van der Waals surface area contributed by atoms with E-state index < -0.39 is 17.9 Å². The number of aliphatic carboxylic acids is 1. The number of halogens is 2. The summed E-state index contributed by atoms with van der Waals surface area (Å²) in [7, 11) is 0. The fourth-order valence-electron chi connectivity index (χ4n) is 1.48. The largest absolute Gasteiger partial charge is 0.478 e. The second kappa shape index (κ2) is 29.3. The van der Waals surface area contributed by atoms with Gasteiger partial charge in [-0.15, -0.1) is 0 Å². The maximum Gasteiger partial charge on any atom is 0.335 e. The fourth-order valence-corrected chi connectivity index (χ4v) is 1.70. The Hall–Kier alpha value is -1.95. The quantitative estimate of drug-likeness (QED) is 0.0776. The zero-order valence-corrected chi connectivity index (χ0v) is 23.0. The predicted octanol–water partition coefficient (Wildman–Crippen LogP) is 4.79. The highest BCUT2D eigenvalue weighted by Gasteiger charge is 2.03. The third-order valence-corrected chi connectivity index (χ3v) is 3.73. The second-order valence-electron chi connectivity index (χ2n) is 7.01. The molecule has 0 heterocycles. The van der Waals surface area contributed by atoms with E-state index in [9.17, 15) is 14.4 Å². The molecule has 0 aliphatic heterocycles. The molecule has 0 saturated heterocycles. The summed E-state index contributed by atoms with van der Waals surface area (Å²) in [6.45, 7) is 16.8. The molecule has 210 valence electrons. The van der Waals surface area contributed by atoms with E-state index in [0.717, 1.165) is 25.7 Å². The summed E-state index contributed by atoms with van der Waals surface area (Å²) in [6, 6.07) is 0.548. The van der Waals surface area contributed by atoms with Gasteiger partial charge in [-0.2, -0.15) is 0 Å². The van der Waals surface area contributed by atoms with Gasteiger partial charge in [-0.1, -0.05) is 42.9 Å². The van der Waals surface area contributed by atoms with E-state index >= 15 is 0 Å². The van der Waals surface area contributed by atoms with Crippen molar-refractivity contribution in [3.63, 3.8) is 0 Å². The number of carbonyl (C=O) groups is 3. The van der Waals surface area contributed by atoms with Gasteiger partial charge in [-0.3, -0.25) is 0 Å². The van der Waals surface area contributed by atoms with Crippen molar-refractivity contribution < 1.29 is 47.9 Å². The van der Waals surface area contributed by atoms with Crippen molar-refractivity contribution in [3.8, 4) is 0 Å². The summed E-state index contributed by atoms with van der Waals surface area (Å²) in [6.07, 6.45) is 3.45. The lowest BCUT2D eigenvalue weighted by atomic mass is 10.3. The smallest absolute Gasteiger partial charge is 0.335 e. The van der Waals surface area contributed by atoms with Crippen molar-refractivity contribution in [3.05, 3.63) is 36.5 Å². The first kappa shape index (κ1) is 38.6. The third kappa shape index (κ3) is 34.2. The highest BCUT2D eigenvalue weighted by Crippen LogP contribution is 1.97. The van der Waals surface area contributed by atoms with E-state index in [4.69, 9.17) is 56.7 Å². The van der Waals surface area contributed by atoms with Gasteiger partial charge in [0, 0.05) is 29.9 Å². The molecule has 0 aliphatic rings. The van der Waals surface area contributed by atoms with Gasteiger partial charge in [-0.25, -0.2) is 14.4 Å². The normalized spacial score (nSPS) is 9.58. The number of carboxylic acids is 1. The molecule has 1 N–H and O–H groups in total. The number of carboxylic acid groups (broad SMARTS) is 1. The van der Waals surface area contributed by atoms with E-state index in [1.165, 1.54) is 6.92 Å². The van der Waals surface area contributed by atoms with Crippen LogP contribution in [0.2, 0.25) is 0 Å². The highest BCUT2D eigenvalue weighted by atomic mass is 35.5. The molecule has 0 radical (unpaired) electrons. The van der Waals surface area contributed by atoms with Crippen molar-refractivity contribution in [2.24, 2.45) is 0 Å². The van der Waals surface area contributed by atoms with Gasteiger partial charge < -0.3 is 33.5 Å². The lowest BCUT2D eigenvalue weighted by Gasteiger charge is -2.07. The molecule has 0 amide bonds. The first-order chi connectivity index (χ1) is 17.0. The first-order valence-corrected chi connectivity index (χ1v) is 12.0. The molecule has 0 aromatic carbocycles. The minimum Gasteiger partial charge on any atom is -0.478 e. The molecular weight excluding hydrogens is 519 g/mol. The van der Waals surface area contributed by atoms with Crippen LogP contribution in [0.15, 0.2) is 36.5 Å². The minimum absolute atomic E-state index is 0.0806. The molecule has 0 atom stereocenters. The summed E-state index contributed by atoms with van der Waals surface area (Å²) < 4.78 is 29.4. The monoisotopic (exact) mass is 558 g/mol. The standard InChI is InChI=1S/C14H22O6.C6H12Cl2O2.C4H6O2/c1-11(2)13(15)19-9-17-7-5-6-8-18-10-20-14(16)12(3)4;7-5-9-3-1-2-4-10-6-8;1-3(2)4(5)6/h1,3,5-10H2,2,4H3;1-6H2;1H2,2H3,(H,5,6). The molecular formula is C24H40Cl2O10. The molecule has 0 aliphatic carbocycles. The molecule has 0 rings (SSSR count). The van der Waals surface area contributed by atoms with Crippen molar-refractivity contribution in [2.45, 2.75) is 46.5 Å². The molecule has 10 nitrogen and oxygen atoms in total. The van der Waals surface area contributed by atoms with Gasteiger partial charge in [0.05, 0.1) is 13.2 Å². The molecule has 0 aromatic heterocycles. The van der Waals surface area contributed by atoms with Gasteiger partial charge in [-0.05, 0) is 46.5 Å². The molecule has 0 bridgehead atoms. The van der Waals surface area contributed by atoms with Gasteiger partial charge in [0.2, 0.25) is 0 Å². The van der Waals surface area contributed by atoms with Gasteiger partial charge >= 0.3 is 17.9 Å². The Kier molecular flexibility index (Phi) is 31.4. The van der Waals surface area contributed by atoms with Crippen molar-refractivity contribution >= 4 is 41.1 Å². The van der Waals surface area contributed by atoms with Crippen LogP contribution in [0.5, 0.6) is 0 Å². The van der Waals surface area contributed by atoms with Gasteiger partial charge in [0.1, 0.15) is 12.1 Å². The number of unbranched alkanes of at least 4 members (excludes halogenated alkanes) is 2. The Bertz CT molecular complexity index is 584. The van der Waals surface area contributed by atoms with Gasteiger partial charge in [0.25, 0.3) is 0 Å². The van der Waals surface area contributed by atoms with E-state index in [1.54, 1.807) is 13.8 Å². The van der Waals surface area contributed by atoms with Crippen molar-refractivity contribution in [2.75, 3.05) is 52.1 Å². The Morgan fingerprint density at radius 2 is 0.889 bits per heavy atom. The SMILES string of the molecule is C=C(C)C(=O)O.C=C(C)C(=O)OCOCCCCOCOC(=O)C(=C)C.ClCOCCCCOCCl. The number of carbonyl (C=O) groups excluding carboxylic acids is 2. The maximum absolute atomic E-state index is 11.0. The van der Waals surface area contributed by atoms with Gasteiger partial charge in [0.15, 0.2) is 13.6 Å². The highest BCUT2D eigenvalue weighted by molar-refractivity contribution is 6.17. The first-order valence-electron chi connectivity index (χ1n) is 11.0. The number of ether oxygens (including phenoxy) is 6. The van der Waals surface area contributed by atoms with Crippen LogP contribution in [0.3, 0.4) is 0 Å². The molecule has 0 fully saturated rings. The van der Waals surface area contributed by atoms with Crippen LogP contribution in [-0.2, 0) is 42.8 Å². The van der Waals surface area contributed by atoms with Crippen LogP contribution >= 0.6 is 23.2 Å². The Labute approximate surface area is 224 Å². The lowest BCUT2D eigenvalue weighted by Crippen LogP contribution is -2.11. The van der Waals surface area contributed by atoms with Crippen molar-refractivity contribution in [1.82, 2.24) is 0 Å². The Balaban J connectivity index is -0.000000561. The number of esters is 2. The zero-order valence-electron chi connectivity index (χ0n) is 21.5. The molecule has 0 unspecified atom stereocenters. The van der Waals surface area contributed by atoms with Crippen LogP contribution in [0, 0.1) is 0 Å². The zero-order chi connectivity index (χ0) is 28.2. The molecule has 36 heavy (non-hydrogen) atoms. The number of alkyl halides is 2. The average Bonchev–Trinajstić information content (AvgIpc) is 2.82. The number of rotatable bonds is 19. The van der Waals surface area contributed by atoms with E-state index in [1.807, 2.05) is 0 Å². The summed E-state index contributed by atoms with van der Waals surface area (Å²) in [4.78, 5) is 31.6. The Morgan fingerprint density at radius 1 is 0.611 bits per heavy atom. The van der Waals surface area contributed by atoms with Crippen LogP contribution in [-0.4, -0.2) is 75.2 Å². The van der Waals surface area contributed by atoms with E-state index in [-0.39, 0.29) is 31.3 Å². The van der Waals surface area contributed by atoms with Crippen LogP contribution in [0.25, 0.3) is 0 Å². The number of hydrogen-bond donors (Lipinski definition) is 1. The summed E-state index contributed by atoms with van der Waals surface area (Å²) in [5.74, 6) is -1.87. The van der Waals surface area contributed by atoms with E-state index in [0.29, 0.717) is 37.6 Å². The molecule has 0 aromatic rings. The van der Waals surface area contributed by atoms with Crippen LogP contribution in [0.1, 0.15) is 46.5 Å². The minimum atomic E-state index is -0.935. The van der Waals surface area contributed by atoms with Crippen LogP contribution < -0.4 is 0 Å². The average molecular weight is 559 g/mol. The third-order valence-electron chi connectivity index (χ3n) is 3.42. The van der Waals surface area contributed by atoms with Crippen molar-refractivity contribution in [1.29, 1.82) is 0 Å². The van der Waals surface area contributed by atoms with Crippen LogP contribution in [0.4, 0.5) is 0 Å². The topological polar surface area (TPSA) is 127 Å². The lowest BCUT2D eigenvalue weighted by molar-refractivity contribution is -0.153. The summed E-state index contributed by atoms with van der Waals surface area (Å²) in [5.41, 5.74) is 0.854. The fraction of sp³-hybridized carbons (Fsp3) is 0.625. The molecule has 0 saturated carbocycles. The molecule has 12 heteroatoms. The summed E-state index contributed by atoms with van der Waals surface area (Å²) >= 11 is 10.5. The second-order valence-corrected chi connectivity index (χ2v) is 7.45. The Morgan fingerprint density at radius 3 is 1.11 bits per heavy atom.